The van der Waals surface area contributed by atoms with Gasteiger partial charge in [0, 0.05) is 0 Å². The van der Waals surface area contributed by atoms with Crippen LogP contribution in [-0.2, 0) is 4.74 Å². The quantitative estimate of drug-likeness (QED) is 0.463. The van der Waals surface area contributed by atoms with Crippen LogP contribution >= 0.6 is 0 Å². The van der Waals surface area contributed by atoms with Gasteiger partial charge in [0.2, 0.25) is 0 Å². The molecule has 0 fully saturated rings. The predicted molar refractivity (Wildman–Crippen MR) is 58.5 cm³/mol. The molecule has 0 aromatic heterocycles. The van der Waals surface area contributed by atoms with Gasteiger partial charge in [-0.3, -0.25) is 0 Å². The molecule has 1 nitrogen and oxygen atoms in total. The van der Waals surface area contributed by atoms with E-state index >= 15 is 0 Å². The van der Waals surface area contributed by atoms with Crippen molar-refractivity contribution in [3.63, 3.8) is 0 Å². The van der Waals surface area contributed by atoms with Gasteiger partial charge in [-0.15, -0.1) is 0 Å². The summed E-state index contributed by atoms with van der Waals surface area (Å²) in [5.74, 6) is 1.53. The van der Waals surface area contributed by atoms with Crippen molar-refractivity contribution in [2.24, 2.45) is 5.92 Å². The van der Waals surface area contributed by atoms with Crippen molar-refractivity contribution in [2.75, 3.05) is 6.61 Å². The van der Waals surface area contributed by atoms with Crippen LogP contribution in [0.15, 0.2) is 36.1 Å². The summed E-state index contributed by atoms with van der Waals surface area (Å²) in [4.78, 5) is 0. The summed E-state index contributed by atoms with van der Waals surface area (Å²) < 4.78 is 5.47. The van der Waals surface area contributed by atoms with Crippen LogP contribution < -0.4 is 0 Å². The van der Waals surface area contributed by atoms with Gasteiger partial charge in [-0.2, -0.15) is 0 Å². The molecule has 0 saturated heterocycles. The molecule has 1 heteroatoms. The van der Waals surface area contributed by atoms with Crippen molar-refractivity contribution >= 4 is 0 Å². The first kappa shape index (κ1) is 12.0. The third kappa shape index (κ3) is 8.93. The maximum absolute atomic E-state index is 5.47. The van der Waals surface area contributed by atoms with E-state index in [1.165, 1.54) is 0 Å². The molecule has 0 aliphatic carbocycles. The van der Waals surface area contributed by atoms with Crippen LogP contribution in [0.4, 0.5) is 0 Å². The highest BCUT2D eigenvalue weighted by atomic mass is 16.5. The minimum absolute atomic E-state index is 0.577. The minimum Gasteiger partial charge on any atom is -0.498 e. The van der Waals surface area contributed by atoms with Crippen LogP contribution in [0, 0.1) is 5.92 Å². The fraction of sp³-hybridized carbons (Fsp3) is 0.500. The first-order chi connectivity index (χ1) is 6.02. The molecule has 0 radical (unpaired) electrons. The summed E-state index contributed by atoms with van der Waals surface area (Å²) in [5.41, 5.74) is 1.05. The summed E-state index contributed by atoms with van der Waals surface area (Å²) in [6.45, 7) is 12.8. The smallest absolute Gasteiger partial charge is 0.0928 e. The van der Waals surface area contributed by atoms with Gasteiger partial charge in [-0.1, -0.05) is 38.2 Å². The Hall–Kier alpha value is -0.980. The van der Waals surface area contributed by atoms with Gasteiger partial charge < -0.3 is 4.74 Å². The fourth-order valence-corrected chi connectivity index (χ4v) is 0.694. The van der Waals surface area contributed by atoms with E-state index in [2.05, 4.69) is 20.4 Å². The fourth-order valence-electron chi connectivity index (χ4n) is 0.694. The van der Waals surface area contributed by atoms with Gasteiger partial charge >= 0.3 is 0 Å². The maximum atomic E-state index is 5.47. The summed E-state index contributed by atoms with van der Waals surface area (Å²) in [6.07, 6.45) is 5.87. The summed E-state index contributed by atoms with van der Waals surface area (Å²) in [6, 6.07) is 0. The molecule has 13 heavy (non-hydrogen) atoms. The normalized spacial score (nSPS) is 12.5. The van der Waals surface area contributed by atoms with E-state index < -0.39 is 0 Å². The third-order valence-electron chi connectivity index (χ3n) is 1.36. The number of allylic oxidation sites excluding steroid dienone is 5. The summed E-state index contributed by atoms with van der Waals surface area (Å²) >= 11 is 0. The van der Waals surface area contributed by atoms with Crippen LogP contribution in [0.25, 0.3) is 0 Å². The largest absolute Gasteiger partial charge is 0.498 e. The zero-order valence-corrected chi connectivity index (χ0v) is 9.13. The van der Waals surface area contributed by atoms with Crippen LogP contribution in [0.3, 0.4) is 0 Å². The Kier molecular flexibility index (Phi) is 6.03. The second-order valence-corrected chi connectivity index (χ2v) is 3.69. The number of rotatable bonds is 5. The van der Waals surface area contributed by atoms with Crippen LogP contribution in [0.5, 0.6) is 0 Å². The van der Waals surface area contributed by atoms with Crippen LogP contribution in [0.1, 0.15) is 27.7 Å². The molecule has 0 aromatic carbocycles. The summed E-state index contributed by atoms with van der Waals surface area (Å²) in [7, 11) is 0. The molecule has 0 rings (SSSR count). The van der Waals surface area contributed by atoms with Crippen molar-refractivity contribution in [3.05, 3.63) is 36.1 Å². The molecule has 0 aromatic rings. The molecule has 74 valence electrons. The van der Waals surface area contributed by atoms with E-state index in [9.17, 15) is 0 Å². The van der Waals surface area contributed by atoms with Gasteiger partial charge in [0.25, 0.3) is 0 Å². The Balaban J connectivity index is 3.82. The molecule has 0 atom stereocenters. The number of hydrogen-bond donors (Lipinski definition) is 0. The zero-order valence-electron chi connectivity index (χ0n) is 9.13. The van der Waals surface area contributed by atoms with Crippen molar-refractivity contribution in [3.8, 4) is 0 Å². The van der Waals surface area contributed by atoms with E-state index in [-0.39, 0.29) is 0 Å². The lowest BCUT2D eigenvalue weighted by Crippen LogP contribution is -1.99. The molecule has 0 saturated carbocycles. The predicted octanol–water partition coefficient (Wildman–Crippen LogP) is 3.70. The first-order valence-corrected chi connectivity index (χ1v) is 4.65. The van der Waals surface area contributed by atoms with Gasteiger partial charge in [0.05, 0.1) is 12.4 Å². The van der Waals surface area contributed by atoms with Crippen LogP contribution in [0.2, 0.25) is 0 Å². The molecule has 0 N–H and O–H groups in total. The van der Waals surface area contributed by atoms with E-state index in [4.69, 9.17) is 4.74 Å². The molecule has 0 heterocycles. The number of ether oxygens (including phenoxy) is 1. The molecular weight excluding hydrogens is 160 g/mol. The SMILES string of the molecule is C=C(C)/C=C\C=C(\C)OCC(C)C. The zero-order chi connectivity index (χ0) is 10.3. The first-order valence-electron chi connectivity index (χ1n) is 4.65. The Labute approximate surface area is 81.8 Å². The van der Waals surface area contributed by atoms with E-state index in [1.807, 2.05) is 32.1 Å². The van der Waals surface area contributed by atoms with Gasteiger partial charge in [-0.05, 0) is 25.8 Å². The standard InChI is InChI=1S/C12H20O/c1-10(2)7-6-8-12(5)13-9-11(3)4/h6-8,11H,1,9H2,2-5H3/b7-6-,12-8-. The second kappa shape index (κ2) is 6.53. The Morgan fingerprint density at radius 1 is 1.38 bits per heavy atom. The lowest BCUT2D eigenvalue weighted by molar-refractivity contribution is 0.181. The molecule has 0 amide bonds. The molecule has 0 unspecified atom stereocenters. The lowest BCUT2D eigenvalue weighted by atomic mass is 10.2. The van der Waals surface area contributed by atoms with Gasteiger partial charge in [0.15, 0.2) is 0 Å². The van der Waals surface area contributed by atoms with Crippen molar-refractivity contribution < 1.29 is 4.74 Å². The minimum atomic E-state index is 0.577. The molecular formula is C12H20O. The van der Waals surface area contributed by atoms with Crippen LogP contribution in [-0.4, -0.2) is 6.61 Å². The lowest BCUT2D eigenvalue weighted by Gasteiger charge is -2.07. The highest BCUT2D eigenvalue weighted by Gasteiger charge is 1.93. The average molecular weight is 180 g/mol. The van der Waals surface area contributed by atoms with Crippen molar-refractivity contribution in [1.82, 2.24) is 0 Å². The average Bonchev–Trinajstić information content (AvgIpc) is 2.00. The molecule has 0 aliphatic rings. The molecule has 0 bridgehead atoms. The Bertz CT molecular complexity index is 209. The topological polar surface area (TPSA) is 9.23 Å². The third-order valence-corrected chi connectivity index (χ3v) is 1.36. The molecule has 0 spiro atoms. The van der Waals surface area contributed by atoms with Gasteiger partial charge in [0.1, 0.15) is 0 Å². The van der Waals surface area contributed by atoms with Gasteiger partial charge in [-0.25, -0.2) is 0 Å². The van der Waals surface area contributed by atoms with E-state index in [0.29, 0.717) is 5.92 Å². The van der Waals surface area contributed by atoms with Crippen molar-refractivity contribution in [1.29, 1.82) is 0 Å². The maximum Gasteiger partial charge on any atom is 0.0928 e. The summed E-state index contributed by atoms with van der Waals surface area (Å²) in [5, 5.41) is 0. The molecule has 0 aliphatic heterocycles. The van der Waals surface area contributed by atoms with E-state index in [0.717, 1.165) is 17.9 Å². The monoisotopic (exact) mass is 180 g/mol. The second-order valence-electron chi connectivity index (χ2n) is 3.69. The highest BCUT2D eigenvalue weighted by molar-refractivity contribution is 5.17. The number of hydrogen-bond acceptors (Lipinski definition) is 1. The van der Waals surface area contributed by atoms with Crippen molar-refractivity contribution in [2.45, 2.75) is 27.7 Å². The Morgan fingerprint density at radius 2 is 2.00 bits per heavy atom. The Morgan fingerprint density at radius 3 is 2.46 bits per heavy atom. The van der Waals surface area contributed by atoms with E-state index in [1.54, 1.807) is 0 Å². The highest BCUT2D eigenvalue weighted by Crippen LogP contribution is 2.01.